The first-order valence-electron chi connectivity index (χ1n) is 7.74. The molecule has 4 heteroatoms. The zero-order valence-corrected chi connectivity index (χ0v) is 14.1. The maximum absolute atomic E-state index is 6.17. The van der Waals surface area contributed by atoms with Crippen molar-refractivity contribution in [2.45, 2.75) is 26.8 Å². The van der Waals surface area contributed by atoms with Gasteiger partial charge in [0.15, 0.2) is 0 Å². The minimum absolute atomic E-state index is 0.296. The van der Waals surface area contributed by atoms with Crippen LogP contribution in [0, 0.1) is 5.41 Å². The molecule has 3 nitrogen and oxygen atoms in total. The molecule has 0 spiro atoms. The molecule has 1 saturated heterocycles. The van der Waals surface area contributed by atoms with Crippen molar-refractivity contribution in [3.05, 3.63) is 34.9 Å². The number of nitrogens with zero attached hydrogens (tertiary/aromatic N) is 1. The molecule has 0 aromatic heterocycles. The smallest absolute Gasteiger partial charge is 0.0594 e. The van der Waals surface area contributed by atoms with Gasteiger partial charge in [0.1, 0.15) is 0 Å². The second-order valence-electron chi connectivity index (χ2n) is 6.91. The topological polar surface area (TPSA) is 24.5 Å². The fourth-order valence-electron chi connectivity index (χ4n) is 2.64. The Labute approximate surface area is 133 Å². The molecule has 21 heavy (non-hydrogen) atoms. The molecule has 1 aromatic carbocycles. The molecule has 118 valence electrons. The summed E-state index contributed by atoms with van der Waals surface area (Å²) in [6, 6.07) is 8.58. The third kappa shape index (κ3) is 5.59. The Bertz CT molecular complexity index is 439. The highest BCUT2D eigenvalue weighted by atomic mass is 35.5. The summed E-state index contributed by atoms with van der Waals surface area (Å²) in [4.78, 5) is 2.49. The van der Waals surface area contributed by atoms with E-state index in [9.17, 15) is 0 Å². The zero-order chi connectivity index (χ0) is 15.3. The molecule has 1 aliphatic heterocycles. The van der Waals surface area contributed by atoms with Crippen LogP contribution in [0.15, 0.2) is 24.3 Å². The lowest BCUT2D eigenvalue weighted by Crippen LogP contribution is -2.43. The summed E-state index contributed by atoms with van der Waals surface area (Å²) in [5, 5.41) is 4.42. The van der Waals surface area contributed by atoms with Gasteiger partial charge >= 0.3 is 0 Å². The van der Waals surface area contributed by atoms with Gasteiger partial charge in [-0.15, -0.1) is 0 Å². The summed E-state index contributed by atoms with van der Waals surface area (Å²) in [5.74, 6) is 0. The van der Waals surface area contributed by atoms with Crippen LogP contribution in [-0.4, -0.2) is 44.3 Å². The lowest BCUT2D eigenvalue weighted by atomic mass is 9.96. The number of ether oxygens (including phenoxy) is 1. The van der Waals surface area contributed by atoms with Gasteiger partial charge in [0, 0.05) is 37.2 Å². The van der Waals surface area contributed by atoms with E-state index in [0.717, 1.165) is 44.4 Å². The Morgan fingerprint density at radius 1 is 1.29 bits per heavy atom. The zero-order valence-electron chi connectivity index (χ0n) is 13.4. The molecule has 1 aromatic rings. The molecule has 1 fully saturated rings. The summed E-state index contributed by atoms with van der Waals surface area (Å²) < 4.78 is 5.48. The van der Waals surface area contributed by atoms with Crippen molar-refractivity contribution in [3.63, 3.8) is 0 Å². The predicted molar refractivity (Wildman–Crippen MR) is 88.9 cm³/mol. The van der Waals surface area contributed by atoms with E-state index in [4.69, 9.17) is 16.3 Å². The number of rotatable bonds is 5. The van der Waals surface area contributed by atoms with Gasteiger partial charge in [0.2, 0.25) is 0 Å². The lowest BCUT2D eigenvalue weighted by Gasteiger charge is -2.35. The maximum atomic E-state index is 6.17. The van der Waals surface area contributed by atoms with E-state index in [-0.39, 0.29) is 0 Å². The first kappa shape index (κ1) is 16.8. The van der Waals surface area contributed by atoms with Crippen LogP contribution in [0.25, 0.3) is 0 Å². The molecular formula is C17H27ClN2O. The van der Waals surface area contributed by atoms with Crippen molar-refractivity contribution in [2.75, 3.05) is 39.4 Å². The van der Waals surface area contributed by atoms with Gasteiger partial charge in [-0.25, -0.2) is 0 Å². The van der Waals surface area contributed by atoms with Crippen LogP contribution in [0.1, 0.15) is 32.4 Å². The maximum Gasteiger partial charge on any atom is 0.0594 e. The molecule has 0 saturated carbocycles. The number of hydrogen-bond donors (Lipinski definition) is 1. The van der Waals surface area contributed by atoms with E-state index in [1.807, 2.05) is 12.1 Å². The van der Waals surface area contributed by atoms with E-state index in [1.165, 1.54) is 5.56 Å². The van der Waals surface area contributed by atoms with Gasteiger partial charge in [0.05, 0.1) is 13.2 Å². The van der Waals surface area contributed by atoms with Crippen LogP contribution in [0.5, 0.6) is 0 Å². The Hall–Kier alpha value is -0.610. The fraction of sp³-hybridized carbons (Fsp3) is 0.647. The van der Waals surface area contributed by atoms with Gasteiger partial charge in [0.25, 0.3) is 0 Å². The minimum Gasteiger partial charge on any atom is -0.379 e. The van der Waals surface area contributed by atoms with Crippen molar-refractivity contribution in [1.29, 1.82) is 0 Å². The molecule has 0 amide bonds. The van der Waals surface area contributed by atoms with Crippen molar-refractivity contribution in [1.82, 2.24) is 10.2 Å². The van der Waals surface area contributed by atoms with Crippen LogP contribution in [0.3, 0.4) is 0 Å². The van der Waals surface area contributed by atoms with E-state index in [1.54, 1.807) is 0 Å². The molecule has 1 N–H and O–H groups in total. The highest BCUT2D eigenvalue weighted by Gasteiger charge is 2.23. The fourth-order valence-corrected chi connectivity index (χ4v) is 2.84. The largest absolute Gasteiger partial charge is 0.379 e. The number of halogens is 1. The molecule has 1 unspecified atom stereocenters. The van der Waals surface area contributed by atoms with E-state index >= 15 is 0 Å². The van der Waals surface area contributed by atoms with Crippen molar-refractivity contribution < 1.29 is 4.74 Å². The van der Waals surface area contributed by atoms with Crippen molar-refractivity contribution in [2.24, 2.45) is 5.41 Å². The average molecular weight is 311 g/mol. The number of hydrogen-bond acceptors (Lipinski definition) is 3. The second kappa shape index (κ2) is 7.59. The molecule has 0 radical (unpaired) electrons. The quantitative estimate of drug-likeness (QED) is 0.902. The standard InChI is InChI=1S/C17H27ClN2O/c1-17(2,3)13-19-12-16(20-7-9-21-10-8-20)14-5-4-6-15(18)11-14/h4-6,11,16,19H,7-10,12-13H2,1-3H3. The molecule has 2 rings (SSSR count). The number of benzene rings is 1. The molecule has 1 aliphatic rings. The number of morpholine rings is 1. The predicted octanol–water partition coefficient (Wildman–Crippen LogP) is 3.35. The summed E-state index contributed by atoms with van der Waals surface area (Å²) >= 11 is 6.17. The summed E-state index contributed by atoms with van der Waals surface area (Å²) in [5.41, 5.74) is 1.58. The van der Waals surface area contributed by atoms with Crippen LogP contribution >= 0.6 is 11.6 Å². The first-order valence-corrected chi connectivity index (χ1v) is 8.11. The van der Waals surface area contributed by atoms with Crippen molar-refractivity contribution in [3.8, 4) is 0 Å². The highest BCUT2D eigenvalue weighted by molar-refractivity contribution is 6.30. The first-order chi connectivity index (χ1) is 9.96. The Morgan fingerprint density at radius 3 is 2.62 bits per heavy atom. The second-order valence-corrected chi connectivity index (χ2v) is 7.35. The normalized spacial score (nSPS) is 18.7. The minimum atomic E-state index is 0.296. The van der Waals surface area contributed by atoms with Crippen molar-refractivity contribution >= 4 is 11.6 Å². The molecule has 1 heterocycles. The molecular weight excluding hydrogens is 284 g/mol. The van der Waals surface area contributed by atoms with E-state index < -0.39 is 0 Å². The monoisotopic (exact) mass is 310 g/mol. The highest BCUT2D eigenvalue weighted by Crippen LogP contribution is 2.24. The van der Waals surface area contributed by atoms with E-state index in [0.29, 0.717) is 11.5 Å². The average Bonchev–Trinajstić information content (AvgIpc) is 2.43. The SMILES string of the molecule is CC(C)(C)CNCC(c1cccc(Cl)c1)N1CCOCC1. The summed E-state index contributed by atoms with van der Waals surface area (Å²) in [6.45, 7) is 12.3. The van der Waals surface area contributed by atoms with Gasteiger partial charge in [-0.05, 0) is 23.1 Å². The Balaban J connectivity index is 2.06. The van der Waals surface area contributed by atoms with Gasteiger partial charge < -0.3 is 10.1 Å². The molecule has 0 aliphatic carbocycles. The van der Waals surface area contributed by atoms with E-state index in [2.05, 4.69) is 43.1 Å². The Morgan fingerprint density at radius 2 is 2.00 bits per heavy atom. The van der Waals surface area contributed by atoms with Gasteiger partial charge in [-0.1, -0.05) is 44.5 Å². The molecule has 1 atom stereocenters. The van der Waals surface area contributed by atoms with Gasteiger partial charge in [-0.3, -0.25) is 4.90 Å². The van der Waals surface area contributed by atoms with Crippen LogP contribution in [0.4, 0.5) is 0 Å². The Kier molecular flexibility index (Phi) is 6.06. The molecule has 0 bridgehead atoms. The third-order valence-electron chi connectivity index (χ3n) is 3.71. The number of nitrogens with one attached hydrogen (secondary N) is 1. The lowest BCUT2D eigenvalue weighted by molar-refractivity contribution is 0.0158. The third-order valence-corrected chi connectivity index (χ3v) is 3.95. The van der Waals surface area contributed by atoms with Gasteiger partial charge in [-0.2, -0.15) is 0 Å². The van der Waals surface area contributed by atoms with Crippen LogP contribution in [-0.2, 0) is 4.74 Å². The van der Waals surface area contributed by atoms with Crippen LogP contribution in [0.2, 0.25) is 5.02 Å². The summed E-state index contributed by atoms with van der Waals surface area (Å²) in [6.07, 6.45) is 0. The summed E-state index contributed by atoms with van der Waals surface area (Å²) in [7, 11) is 0. The van der Waals surface area contributed by atoms with Crippen LogP contribution < -0.4 is 5.32 Å².